The van der Waals surface area contributed by atoms with Crippen molar-refractivity contribution >= 4 is 29.3 Å². The van der Waals surface area contributed by atoms with Crippen LogP contribution in [0.25, 0.3) is 0 Å². The first-order valence-corrected chi connectivity index (χ1v) is 8.95. The van der Waals surface area contributed by atoms with Crippen LogP contribution in [0.5, 0.6) is 5.75 Å². The third-order valence-corrected chi connectivity index (χ3v) is 4.32. The van der Waals surface area contributed by atoms with Gasteiger partial charge in [-0.1, -0.05) is 6.07 Å². The van der Waals surface area contributed by atoms with Gasteiger partial charge in [-0.25, -0.2) is 0 Å². The van der Waals surface area contributed by atoms with Crippen LogP contribution in [0.4, 0.5) is 5.69 Å². The Morgan fingerprint density at radius 1 is 1.12 bits per heavy atom. The molecule has 0 bridgehead atoms. The third-order valence-electron chi connectivity index (χ3n) is 3.30. The first-order valence-electron chi connectivity index (χ1n) is 7.97. The molecule has 2 aromatic rings. The highest BCUT2D eigenvalue weighted by Gasteiger charge is 2.10. The normalized spacial score (nSPS) is 10.2. The van der Waals surface area contributed by atoms with Gasteiger partial charge in [-0.2, -0.15) is 0 Å². The number of ether oxygens (including phenoxy) is 1. The molecule has 0 unspecified atom stereocenters. The molecule has 25 heavy (non-hydrogen) atoms. The van der Waals surface area contributed by atoms with Gasteiger partial charge in [0.2, 0.25) is 5.91 Å². The molecule has 2 aromatic carbocycles. The van der Waals surface area contributed by atoms with E-state index >= 15 is 0 Å². The van der Waals surface area contributed by atoms with Crippen LogP contribution in [0.15, 0.2) is 53.4 Å². The van der Waals surface area contributed by atoms with Crippen LogP contribution in [0.2, 0.25) is 0 Å². The molecule has 2 rings (SSSR count). The monoisotopic (exact) mass is 358 g/mol. The molecule has 0 aromatic heterocycles. The van der Waals surface area contributed by atoms with Crippen LogP contribution in [0.3, 0.4) is 0 Å². The molecule has 5 nitrogen and oxygen atoms in total. The lowest BCUT2D eigenvalue weighted by Gasteiger charge is -2.11. The van der Waals surface area contributed by atoms with E-state index in [1.54, 1.807) is 38.4 Å². The smallest absolute Gasteiger partial charge is 0.253 e. The van der Waals surface area contributed by atoms with E-state index in [0.717, 1.165) is 10.6 Å². The van der Waals surface area contributed by atoms with Crippen molar-refractivity contribution in [2.45, 2.75) is 11.8 Å². The molecule has 1 N–H and O–H groups in total. The van der Waals surface area contributed by atoms with Crippen molar-refractivity contribution in [2.24, 2.45) is 0 Å². The maximum atomic E-state index is 12.1. The van der Waals surface area contributed by atoms with Crippen molar-refractivity contribution in [1.82, 2.24) is 4.90 Å². The lowest BCUT2D eigenvalue weighted by atomic mass is 10.2. The van der Waals surface area contributed by atoms with Gasteiger partial charge < -0.3 is 15.0 Å². The molecule has 0 saturated carbocycles. The number of amides is 2. The summed E-state index contributed by atoms with van der Waals surface area (Å²) in [5.74, 6) is 0.895. The summed E-state index contributed by atoms with van der Waals surface area (Å²) in [6.07, 6.45) is 0. The van der Waals surface area contributed by atoms with E-state index in [2.05, 4.69) is 5.32 Å². The predicted molar refractivity (Wildman–Crippen MR) is 101 cm³/mol. The molecule has 0 radical (unpaired) electrons. The number of rotatable bonds is 7. The number of carbonyl (C=O) groups is 2. The van der Waals surface area contributed by atoms with Crippen molar-refractivity contribution in [3.05, 3.63) is 54.1 Å². The number of carbonyl (C=O) groups excluding carboxylic acids is 2. The minimum atomic E-state index is -0.117. The second-order valence-electron chi connectivity index (χ2n) is 5.52. The van der Waals surface area contributed by atoms with E-state index in [1.807, 2.05) is 31.2 Å². The summed E-state index contributed by atoms with van der Waals surface area (Å²) in [6.45, 7) is 2.57. The summed E-state index contributed by atoms with van der Waals surface area (Å²) >= 11 is 1.45. The molecule has 0 aliphatic carbocycles. The van der Waals surface area contributed by atoms with Gasteiger partial charge in [-0.15, -0.1) is 11.8 Å². The van der Waals surface area contributed by atoms with Crippen molar-refractivity contribution < 1.29 is 14.3 Å². The average molecular weight is 358 g/mol. The van der Waals surface area contributed by atoms with E-state index in [1.165, 1.54) is 16.7 Å². The average Bonchev–Trinajstić information content (AvgIpc) is 2.61. The molecular weight excluding hydrogens is 336 g/mol. The van der Waals surface area contributed by atoms with E-state index in [-0.39, 0.29) is 11.8 Å². The zero-order valence-electron chi connectivity index (χ0n) is 14.6. The molecule has 0 fully saturated rings. The Bertz CT molecular complexity index is 730. The van der Waals surface area contributed by atoms with Gasteiger partial charge in [0.1, 0.15) is 5.75 Å². The first kappa shape index (κ1) is 18.9. The summed E-state index contributed by atoms with van der Waals surface area (Å²) < 4.78 is 5.39. The topological polar surface area (TPSA) is 58.6 Å². The van der Waals surface area contributed by atoms with Crippen LogP contribution in [0.1, 0.15) is 17.3 Å². The predicted octanol–water partition coefficient (Wildman–Crippen LogP) is 3.52. The lowest BCUT2D eigenvalue weighted by Crippen LogP contribution is -2.22. The fraction of sp³-hybridized carbons (Fsp3) is 0.263. The molecule has 0 aliphatic heterocycles. The highest BCUT2D eigenvalue weighted by molar-refractivity contribution is 8.00. The van der Waals surface area contributed by atoms with Crippen molar-refractivity contribution in [2.75, 3.05) is 31.8 Å². The Kier molecular flexibility index (Phi) is 6.89. The number of thioether (sulfide) groups is 1. The number of nitrogens with zero attached hydrogens (tertiary/aromatic N) is 1. The number of hydrogen-bond donors (Lipinski definition) is 1. The highest BCUT2D eigenvalue weighted by atomic mass is 32.2. The van der Waals surface area contributed by atoms with Crippen LogP contribution < -0.4 is 10.1 Å². The molecule has 0 aliphatic rings. The van der Waals surface area contributed by atoms with Gasteiger partial charge in [0.25, 0.3) is 5.91 Å². The molecule has 0 heterocycles. The Morgan fingerprint density at radius 2 is 1.84 bits per heavy atom. The lowest BCUT2D eigenvalue weighted by molar-refractivity contribution is -0.113. The Morgan fingerprint density at radius 3 is 2.48 bits per heavy atom. The fourth-order valence-corrected chi connectivity index (χ4v) is 2.83. The first-order chi connectivity index (χ1) is 12.0. The Labute approximate surface area is 152 Å². The van der Waals surface area contributed by atoms with Gasteiger partial charge in [-0.05, 0) is 49.4 Å². The van der Waals surface area contributed by atoms with Gasteiger partial charge in [0, 0.05) is 30.2 Å². The number of benzene rings is 2. The van der Waals surface area contributed by atoms with Gasteiger partial charge in [0.15, 0.2) is 0 Å². The quantitative estimate of drug-likeness (QED) is 0.770. The number of nitrogens with one attached hydrogen (secondary N) is 1. The minimum Gasteiger partial charge on any atom is -0.494 e. The van der Waals surface area contributed by atoms with Crippen molar-refractivity contribution in [3.63, 3.8) is 0 Å². The summed E-state index contributed by atoms with van der Waals surface area (Å²) in [6, 6.07) is 14.6. The van der Waals surface area contributed by atoms with Crippen LogP contribution >= 0.6 is 11.8 Å². The molecule has 6 heteroatoms. The molecule has 0 saturated heterocycles. The molecule has 0 spiro atoms. The molecular formula is C19H22N2O3S. The maximum Gasteiger partial charge on any atom is 0.253 e. The second-order valence-corrected chi connectivity index (χ2v) is 6.57. The van der Waals surface area contributed by atoms with Gasteiger partial charge >= 0.3 is 0 Å². The summed E-state index contributed by atoms with van der Waals surface area (Å²) in [5, 5.41) is 2.82. The molecule has 132 valence electrons. The highest BCUT2D eigenvalue weighted by Crippen LogP contribution is 2.22. The standard InChI is InChI=1S/C19H22N2O3S/c1-4-24-16-8-10-17(11-9-16)25-13-18(22)20-15-7-5-6-14(12-15)19(23)21(2)3/h5-12H,4,13H2,1-3H3,(H,20,22). The summed E-state index contributed by atoms with van der Waals surface area (Å²) in [4.78, 5) is 26.6. The van der Waals surface area contributed by atoms with Crippen LogP contribution in [-0.4, -0.2) is 43.2 Å². The minimum absolute atomic E-state index is 0.0974. The maximum absolute atomic E-state index is 12.1. The Balaban J connectivity index is 1.90. The largest absolute Gasteiger partial charge is 0.494 e. The van der Waals surface area contributed by atoms with Crippen LogP contribution in [-0.2, 0) is 4.79 Å². The SMILES string of the molecule is CCOc1ccc(SCC(=O)Nc2cccc(C(=O)N(C)C)c2)cc1. The molecule has 0 atom stereocenters. The van der Waals surface area contributed by atoms with Gasteiger partial charge in [-0.3, -0.25) is 9.59 Å². The van der Waals surface area contributed by atoms with E-state index in [4.69, 9.17) is 4.74 Å². The third kappa shape index (κ3) is 5.83. The fourth-order valence-electron chi connectivity index (χ4n) is 2.13. The molecule has 2 amide bonds. The van der Waals surface area contributed by atoms with E-state index < -0.39 is 0 Å². The van der Waals surface area contributed by atoms with E-state index in [9.17, 15) is 9.59 Å². The second kappa shape index (κ2) is 9.13. The summed E-state index contributed by atoms with van der Waals surface area (Å²) in [7, 11) is 3.39. The number of hydrogen-bond acceptors (Lipinski definition) is 4. The van der Waals surface area contributed by atoms with Crippen molar-refractivity contribution in [1.29, 1.82) is 0 Å². The number of anilines is 1. The zero-order chi connectivity index (χ0) is 18.2. The summed E-state index contributed by atoms with van der Waals surface area (Å²) in [5.41, 5.74) is 1.16. The Hall–Kier alpha value is -2.47. The van der Waals surface area contributed by atoms with Gasteiger partial charge in [0.05, 0.1) is 12.4 Å². The van der Waals surface area contributed by atoms with Crippen molar-refractivity contribution in [3.8, 4) is 5.75 Å². The van der Waals surface area contributed by atoms with Crippen LogP contribution in [0, 0.1) is 0 Å². The zero-order valence-corrected chi connectivity index (χ0v) is 15.4. The van der Waals surface area contributed by atoms with E-state index in [0.29, 0.717) is 23.6 Å².